The average Bonchev–Trinajstić information content (AvgIpc) is 2.93. The minimum absolute atomic E-state index is 0.0895. The first-order valence-electron chi connectivity index (χ1n) is 7.93. The number of piperidine rings is 1. The molecule has 1 saturated heterocycles. The smallest absolute Gasteiger partial charge is 0.246 e. The van der Waals surface area contributed by atoms with Gasteiger partial charge in [-0.15, -0.1) is 0 Å². The van der Waals surface area contributed by atoms with Gasteiger partial charge in [-0.25, -0.2) is 8.42 Å². The summed E-state index contributed by atoms with van der Waals surface area (Å²) in [5, 5.41) is 6.61. The number of carbonyl (C=O) groups excluding carboxylic acids is 1. The molecule has 2 heterocycles. The van der Waals surface area contributed by atoms with Gasteiger partial charge in [0.05, 0.1) is 17.7 Å². The Balaban J connectivity index is 2.18. The number of sulfonamides is 1. The van der Waals surface area contributed by atoms with E-state index in [9.17, 15) is 13.2 Å². The van der Waals surface area contributed by atoms with Crippen molar-refractivity contribution in [3.05, 3.63) is 11.7 Å². The Labute approximate surface area is 141 Å². The van der Waals surface area contributed by atoms with Crippen LogP contribution < -0.4 is 5.32 Å². The summed E-state index contributed by atoms with van der Waals surface area (Å²) in [6, 6.07) is -0.437. The van der Waals surface area contributed by atoms with Crippen molar-refractivity contribution in [2.45, 2.75) is 38.6 Å². The van der Waals surface area contributed by atoms with Crippen molar-refractivity contribution in [3.8, 4) is 0 Å². The molecule has 1 aliphatic rings. The van der Waals surface area contributed by atoms with E-state index in [1.165, 1.54) is 11.4 Å². The molecule has 0 radical (unpaired) electrons. The third kappa shape index (κ3) is 4.52. The highest BCUT2D eigenvalue weighted by Gasteiger charge is 2.38. The zero-order valence-corrected chi connectivity index (χ0v) is 15.0. The molecule has 9 nitrogen and oxygen atoms in total. The molecule has 2 rings (SSSR count). The van der Waals surface area contributed by atoms with E-state index < -0.39 is 16.1 Å². The van der Waals surface area contributed by atoms with Crippen molar-refractivity contribution in [1.82, 2.24) is 19.8 Å². The summed E-state index contributed by atoms with van der Waals surface area (Å²) in [4.78, 5) is 16.1. The third-order valence-corrected chi connectivity index (χ3v) is 5.96. The van der Waals surface area contributed by atoms with E-state index in [1.54, 1.807) is 6.92 Å². The second-order valence-corrected chi connectivity index (χ2v) is 7.94. The fourth-order valence-electron chi connectivity index (χ4n) is 2.85. The molecule has 1 aromatic rings. The van der Waals surface area contributed by atoms with Crippen molar-refractivity contribution in [2.75, 3.05) is 32.6 Å². The predicted molar refractivity (Wildman–Crippen MR) is 85.9 cm³/mol. The second-order valence-electron chi connectivity index (χ2n) is 5.86. The van der Waals surface area contributed by atoms with E-state index >= 15 is 0 Å². The quantitative estimate of drug-likeness (QED) is 0.730. The summed E-state index contributed by atoms with van der Waals surface area (Å²) >= 11 is 0. The van der Waals surface area contributed by atoms with E-state index in [0.29, 0.717) is 31.1 Å². The van der Waals surface area contributed by atoms with Crippen molar-refractivity contribution in [2.24, 2.45) is 0 Å². The predicted octanol–water partition coefficient (Wildman–Crippen LogP) is 0.0383. The molecule has 0 bridgehead atoms. The van der Waals surface area contributed by atoms with Crippen LogP contribution in [0.3, 0.4) is 0 Å². The Morgan fingerprint density at radius 2 is 2.25 bits per heavy atom. The Morgan fingerprint density at radius 1 is 1.50 bits per heavy atom. The zero-order chi connectivity index (χ0) is 17.7. The van der Waals surface area contributed by atoms with Gasteiger partial charge in [-0.1, -0.05) is 12.1 Å². The number of ether oxygens (including phenoxy) is 1. The van der Waals surface area contributed by atoms with E-state index in [4.69, 9.17) is 9.26 Å². The highest BCUT2D eigenvalue weighted by molar-refractivity contribution is 7.89. The maximum absolute atomic E-state index is 12.3. The molecular weight excluding hydrogens is 336 g/mol. The van der Waals surface area contributed by atoms with Crippen LogP contribution in [-0.2, 0) is 19.6 Å². The first kappa shape index (κ1) is 18.8. The first-order chi connectivity index (χ1) is 11.4. The minimum Gasteiger partial charge on any atom is -0.375 e. The van der Waals surface area contributed by atoms with Gasteiger partial charge < -0.3 is 14.6 Å². The molecule has 1 N–H and O–H groups in total. The van der Waals surface area contributed by atoms with Crippen LogP contribution in [0.5, 0.6) is 0 Å². The average molecular weight is 360 g/mol. The molecule has 136 valence electrons. The number of aromatic nitrogens is 2. The van der Waals surface area contributed by atoms with Gasteiger partial charge in [0.2, 0.25) is 21.8 Å². The lowest BCUT2D eigenvalue weighted by atomic mass is 9.92. The Bertz CT molecular complexity index is 660. The van der Waals surface area contributed by atoms with Crippen LogP contribution in [-0.4, -0.2) is 67.4 Å². The highest BCUT2D eigenvalue weighted by atomic mass is 32.2. The number of methoxy groups -OCH3 is 1. The largest absolute Gasteiger partial charge is 0.375 e. The van der Waals surface area contributed by atoms with E-state index in [-0.39, 0.29) is 30.7 Å². The zero-order valence-electron chi connectivity index (χ0n) is 14.2. The van der Waals surface area contributed by atoms with Gasteiger partial charge in [0.1, 0.15) is 6.61 Å². The normalized spacial score (nSPS) is 22.5. The fraction of sp³-hybridized carbons (Fsp3) is 0.786. The number of nitrogens with zero attached hydrogens (tertiary/aromatic N) is 3. The number of hydrogen-bond acceptors (Lipinski definition) is 7. The van der Waals surface area contributed by atoms with Crippen LogP contribution in [0, 0.1) is 6.92 Å². The molecular formula is C14H24N4O5S. The number of nitrogens with one attached hydrogen (secondary N) is 1. The van der Waals surface area contributed by atoms with E-state index in [0.717, 1.165) is 0 Å². The maximum atomic E-state index is 12.3. The van der Waals surface area contributed by atoms with Gasteiger partial charge in [0.15, 0.2) is 5.82 Å². The van der Waals surface area contributed by atoms with Crippen LogP contribution in [0.4, 0.5) is 0 Å². The summed E-state index contributed by atoms with van der Waals surface area (Å²) in [5.41, 5.74) is 0. The number of amides is 1. The van der Waals surface area contributed by atoms with Gasteiger partial charge >= 0.3 is 0 Å². The molecule has 0 spiro atoms. The number of carbonyl (C=O) groups is 1. The van der Waals surface area contributed by atoms with Crippen LogP contribution >= 0.6 is 0 Å². The highest BCUT2D eigenvalue weighted by Crippen LogP contribution is 2.29. The molecule has 0 aliphatic carbocycles. The molecule has 0 unspecified atom stereocenters. The summed E-state index contributed by atoms with van der Waals surface area (Å²) in [7, 11) is -1.90. The number of rotatable bonds is 7. The lowest BCUT2D eigenvalue weighted by Crippen LogP contribution is -2.54. The minimum atomic E-state index is -3.33. The summed E-state index contributed by atoms with van der Waals surface area (Å²) in [5.74, 6) is 0.491. The van der Waals surface area contributed by atoms with Crippen LogP contribution in [0.2, 0.25) is 0 Å². The maximum Gasteiger partial charge on any atom is 0.246 e. The monoisotopic (exact) mass is 360 g/mol. The molecule has 0 aromatic carbocycles. The molecule has 24 heavy (non-hydrogen) atoms. The molecule has 1 amide bonds. The summed E-state index contributed by atoms with van der Waals surface area (Å²) in [6.07, 6.45) is 1.05. The number of hydrogen-bond donors (Lipinski definition) is 1. The third-order valence-electron chi connectivity index (χ3n) is 3.91. The van der Waals surface area contributed by atoms with Crippen molar-refractivity contribution >= 4 is 15.9 Å². The molecule has 1 aromatic heterocycles. The van der Waals surface area contributed by atoms with Gasteiger partial charge in [-0.2, -0.15) is 9.29 Å². The van der Waals surface area contributed by atoms with Gasteiger partial charge in [0.25, 0.3) is 0 Å². The lowest BCUT2D eigenvalue weighted by Gasteiger charge is -2.36. The SMILES string of the molecule is CCCS(=O)(=O)N1CC[C@H](c2nc(C)no2)[C@H](NC(=O)COC)C1. The Hall–Kier alpha value is -1.52. The first-order valence-corrected chi connectivity index (χ1v) is 9.54. The van der Waals surface area contributed by atoms with Gasteiger partial charge in [-0.3, -0.25) is 4.79 Å². The fourth-order valence-corrected chi connectivity index (χ4v) is 4.39. The van der Waals surface area contributed by atoms with Crippen LogP contribution in [0.15, 0.2) is 4.52 Å². The summed E-state index contributed by atoms with van der Waals surface area (Å²) in [6.45, 7) is 4.00. The molecule has 0 saturated carbocycles. The van der Waals surface area contributed by atoms with E-state index in [1.807, 2.05) is 6.92 Å². The Kier molecular flexibility index (Phi) is 6.30. The molecule has 2 atom stereocenters. The van der Waals surface area contributed by atoms with Crippen molar-refractivity contribution in [1.29, 1.82) is 0 Å². The second kappa shape index (κ2) is 8.04. The molecule has 1 aliphatic heterocycles. The van der Waals surface area contributed by atoms with Gasteiger partial charge in [0, 0.05) is 20.2 Å². The number of aryl methyl sites for hydroxylation is 1. The van der Waals surface area contributed by atoms with E-state index in [2.05, 4.69) is 15.5 Å². The summed E-state index contributed by atoms with van der Waals surface area (Å²) < 4.78 is 36.1. The lowest BCUT2D eigenvalue weighted by molar-refractivity contribution is -0.125. The molecule has 1 fully saturated rings. The van der Waals surface area contributed by atoms with Crippen molar-refractivity contribution < 1.29 is 22.5 Å². The van der Waals surface area contributed by atoms with Crippen molar-refractivity contribution in [3.63, 3.8) is 0 Å². The standard InChI is InChI=1S/C14H24N4O5S/c1-4-7-24(20,21)18-6-5-11(14-15-10(2)17-23-14)12(8-18)16-13(19)9-22-3/h11-12H,4-9H2,1-3H3,(H,16,19)/t11-,12+/m0/s1. The Morgan fingerprint density at radius 3 is 2.83 bits per heavy atom. The topological polar surface area (TPSA) is 115 Å². The van der Waals surface area contributed by atoms with Crippen LogP contribution in [0.1, 0.15) is 37.4 Å². The van der Waals surface area contributed by atoms with Gasteiger partial charge in [-0.05, 0) is 19.8 Å². The molecule has 10 heteroatoms. The van der Waals surface area contributed by atoms with Crippen LogP contribution in [0.25, 0.3) is 0 Å².